The summed E-state index contributed by atoms with van der Waals surface area (Å²) in [4.78, 5) is 12.4. The van der Waals surface area contributed by atoms with Gasteiger partial charge in [-0.1, -0.05) is 13.0 Å². The van der Waals surface area contributed by atoms with Gasteiger partial charge in [0.15, 0.2) is 0 Å². The third-order valence-corrected chi connectivity index (χ3v) is 5.02. The zero-order valence-corrected chi connectivity index (χ0v) is 16.6. The van der Waals surface area contributed by atoms with Crippen LogP contribution in [0.25, 0.3) is 22.1 Å². The number of hydrogen-bond acceptors (Lipinski definition) is 7. The van der Waals surface area contributed by atoms with E-state index in [1.807, 2.05) is 6.92 Å². The highest BCUT2D eigenvalue weighted by molar-refractivity contribution is 5.80. The van der Waals surface area contributed by atoms with Crippen molar-refractivity contribution in [2.24, 2.45) is 0 Å². The zero-order valence-electron chi connectivity index (χ0n) is 16.6. The molecule has 0 radical (unpaired) electrons. The summed E-state index contributed by atoms with van der Waals surface area (Å²) in [6.07, 6.45) is 0.282. The van der Waals surface area contributed by atoms with E-state index in [1.165, 1.54) is 0 Å². The summed E-state index contributed by atoms with van der Waals surface area (Å²) < 4.78 is 1.41. The molecule has 2 aromatic heterocycles. The Morgan fingerprint density at radius 1 is 1.07 bits per heavy atom. The van der Waals surface area contributed by atoms with Crippen molar-refractivity contribution >= 4 is 39.5 Å². The normalized spacial score (nSPS) is 12.4. The van der Waals surface area contributed by atoms with Crippen LogP contribution < -0.4 is 19.9 Å². The Labute approximate surface area is 171 Å². The summed E-state index contributed by atoms with van der Waals surface area (Å²) in [5, 5.41) is 48.2. The van der Waals surface area contributed by atoms with Gasteiger partial charge in [-0.25, -0.2) is 10.0 Å². The smallest absolute Gasteiger partial charge is 0.352 e. The Morgan fingerprint density at radius 2 is 1.80 bits per heavy atom. The number of aromatic nitrogens is 5. The summed E-state index contributed by atoms with van der Waals surface area (Å²) in [5.41, 5.74) is 3.07. The number of carboxylic acids is 1. The summed E-state index contributed by atoms with van der Waals surface area (Å²) in [5.74, 6) is -1.17. The molecule has 2 aromatic carbocycles. The molecule has 0 aliphatic rings. The lowest BCUT2D eigenvalue weighted by Crippen LogP contribution is -2.43. The molecule has 10 nitrogen and oxygen atoms in total. The number of hydrogen-bond donors (Lipinski definition) is 1. The molecule has 0 spiro atoms. The summed E-state index contributed by atoms with van der Waals surface area (Å²) in [7, 11) is 0. The number of benzene rings is 2. The largest absolute Gasteiger partial charge is 0.710 e. The molecule has 0 fully saturated rings. The highest BCUT2D eigenvalue weighted by Gasteiger charge is 2.24. The molecule has 0 aliphatic heterocycles. The monoisotopic (exact) mass is 407 g/mol. The van der Waals surface area contributed by atoms with Gasteiger partial charge in [-0.3, -0.25) is 0 Å². The van der Waals surface area contributed by atoms with E-state index < -0.39 is 12.0 Å². The molecule has 0 amide bonds. The Bertz CT molecular complexity index is 1300. The van der Waals surface area contributed by atoms with Crippen LogP contribution in [-0.2, 0) is 4.79 Å². The topological polar surface area (TPSA) is 137 Å². The fourth-order valence-corrected chi connectivity index (χ4v) is 3.36. The minimum atomic E-state index is -1.26. The SMILES string of the molecule is CCC(C(=O)[O-])n1nc2ccc(Nc3c(C)[n+]([O-])c4ccc(C)cc4[n+]3[O-])cc2n1. The van der Waals surface area contributed by atoms with Crippen molar-refractivity contribution < 1.29 is 19.4 Å². The van der Waals surface area contributed by atoms with E-state index in [9.17, 15) is 20.3 Å². The van der Waals surface area contributed by atoms with Gasteiger partial charge in [0.25, 0.3) is 11.2 Å². The Kier molecular flexibility index (Phi) is 4.61. The lowest BCUT2D eigenvalue weighted by molar-refractivity contribution is -0.623. The molecule has 1 N–H and O–H groups in total. The second kappa shape index (κ2) is 7.14. The van der Waals surface area contributed by atoms with Crippen molar-refractivity contribution in [3.63, 3.8) is 0 Å². The number of rotatable bonds is 5. The first-order valence-corrected chi connectivity index (χ1v) is 9.40. The van der Waals surface area contributed by atoms with E-state index in [1.54, 1.807) is 50.2 Å². The lowest BCUT2D eigenvalue weighted by atomic mass is 10.2. The standard InChI is InChI=1S/C20H20N6O4/c1-4-16(20(27)28)26-22-14-7-6-13(10-15(14)23-26)21-19-12(3)24(29)17-8-5-11(2)9-18(17)25(19)30/h5-10,16,21H,4H2,1-3H3,(H,27,28)/p-1. The van der Waals surface area contributed by atoms with E-state index in [4.69, 9.17) is 0 Å². The van der Waals surface area contributed by atoms with Crippen molar-refractivity contribution in [1.82, 2.24) is 15.0 Å². The van der Waals surface area contributed by atoms with Crippen LogP contribution in [0.1, 0.15) is 30.6 Å². The minimum Gasteiger partial charge on any atom is -0.710 e. The number of carbonyl (C=O) groups is 1. The molecule has 0 saturated carbocycles. The minimum absolute atomic E-state index is 0.0935. The average Bonchev–Trinajstić information content (AvgIpc) is 3.12. The van der Waals surface area contributed by atoms with Crippen molar-refractivity contribution in [2.75, 3.05) is 5.32 Å². The first-order valence-electron chi connectivity index (χ1n) is 9.40. The number of carbonyl (C=O) groups excluding carboxylic acids is 1. The second-order valence-corrected chi connectivity index (χ2v) is 7.11. The third kappa shape index (κ3) is 3.11. The predicted octanol–water partition coefficient (Wildman–Crippen LogP) is 0.913. The van der Waals surface area contributed by atoms with Crippen molar-refractivity contribution in [3.8, 4) is 0 Å². The van der Waals surface area contributed by atoms with E-state index in [2.05, 4.69) is 15.5 Å². The van der Waals surface area contributed by atoms with Gasteiger partial charge in [-0.05, 0) is 37.1 Å². The van der Waals surface area contributed by atoms with Gasteiger partial charge in [0.2, 0.25) is 5.52 Å². The summed E-state index contributed by atoms with van der Waals surface area (Å²) in [6, 6.07) is 9.05. The fourth-order valence-electron chi connectivity index (χ4n) is 3.36. The van der Waals surface area contributed by atoms with Crippen molar-refractivity contribution in [3.05, 3.63) is 58.1 Å². The van der Waals surface area contributed by atoms with Gasteiger partial charge >= 0.3 is 5.82 Å². The molecule has 154 valence electrons. The van der Waals surface area contributed by atoms with Crippen LogP contribution >= 0.6 is 0 Å². The van der Waals surface area contributed by atoms with Gasteiger partial charge in [0.1, 0.15) is 22.8 Å². The Morgan fingerprint density at radius 3 is 2.50 bits per heavy atom. The third-order valence-electron chi connectivity index (χ3n) is 5.02. The first-order chi connectivity index (χ1) is 14.3. The second-order valence-electron chi connectivity index (χ2n) is 7.11. The van der Waals surface area contributed by atoms with E-state index in [-0.39, 0.29) is 29.0 Å². The van der Waals surface area contributed by atoms with Crippen LogP contribution in [0.4, 0.5) is 11.5 Å². The van der Waals surface area contributed by atoms with Crippen molar-refractivity contribution in [2.45, 2.75) is 33.2 Å². The van der Waals surface area contributed by atoms with Gasteiger partial charge < -0.3 is 20.3 Å². The quantitative estimate of drug-likeness (QED) is 0.383. The molecule has 0 saturated heterocycles. The molecule has 10 heteroatoms. The summed E-state index contributed by atoms with van der Waals surface area (Å²) >= 11 is 0. The van der Waals surface area contributed by atoms with Crippen LogP contribution in [0.15, 0.2) is 36.4 Å². The van der Waals surface area contributed by atoms with Gasteiger partial charge in [-0.15, -0.1) is 0 Å². The number of aliphatic carboxylic acids is 1. The maximum absolute atomic E-state index is 12.9. The van der Waals surface area contributed by atoms with Crippen LogP contribution in [0, 0.1) is 24.3 Å². The van der Waals surface area contributed by atoms with Crippen LogP contribution in [0.2, 0.25) is 0 Å². The Hall–Kier alpha value is -3.95. The highest BCUT2D eigenvalue weighted by Crippen LogP contribution is 2.22. The van der Waals surface area contributed by atoms with Gasteiger partial charge in [0, 0.05) is 19.1 Å². The number of aryl methyl sites for hydroxylation is 1. The average molecular weight is 407 g/mol. The van der Waals surface area contributed by atoms with Crippen LogP contribution in [0.3, 0.4) is 0 Å². The molecular formula is C20H19N6O4-. The fraction of sp³-hybridized carbons (Fsp3) is 0.250. The maximum atomic E-state index is 12.9. The highest BCUT2D eigenvalue weighted by atomic mass is 16.5. The molecule has 2 heterocycles. The van der Waals surface area contributed by atoms with E-state index >= 15 is 0 Å². The molecule has 1 atom stereocenters. The number of nitrogens with one attached hydrogen (secondary N) is 1. The van der Waals surface area contributed by atoms with Crippen LogP contribution in [-0.4, -0.2) is 21.0 Å². The van der Waals surface area contributed by atoms with Gasteiger partial charge in [0.05, 0.1) is 5.97 Å². The summed E-state index contributed by atoms with van der Waals surface area (Å²) in [6.45, 7) is 5.11. The van der Waals surface area contributed by atoms with Gasteiger partial charge in [-0.2, -0.15) is 19.7 Å². The lowest BCUT2D eigenvalue weighted by Gasteiger charge is -2.14. The molecule has 0 bridgehead atoms. The van der Waals surface area contributed by atoms with Crippen LogP contribution in [0.5, 0.6) is 0 Å². The number of anilines is 2. The van der Waals surface area contributed by atoms with Crippen molar-refractivity contribution in [1.29, 1.82) is 0 Å². The number of fused-ring (bicyclic) bond motifs is 2. The van der Waals surface area contributed by atoms with E-state index in [0.717, 1.165) is 10.4 Å². The molecule has 30 heavy (non-hydrogen) atoms. The predicted molar refractivity (Wildman–Crippen MR) is 106 cm³/mol. The molecule has 4 rings (SSSR count). The molecule has 0 aliphatic carbocycles. The Balaban J connectivity index is 1.77. The molecular weight excluding hydrogens is 388 g/mol. The number of carboxylic acid groups (broad SMARTS) is 1. The molecule has 4 aromatic rings. The zero-order chi connectivity index (χ0) is 21.6. The maximum Gasteiger partial charge on any atom is 0.352 e. The van der Waals surface area contributed by atoms with E-state index in [0.29, 0.717) is 26.2 Å². The first kappa shape index (κ1) is 19.4. The number of nitrogens with zero attached hydrogens (tertiary/aromatic N) is 5. The molecule has 1 unspecified atom stereocenters.